The van der Waals surface area contributed by atoms with Gasteiger partial charge in [0.05, 0.1) is 12.3 Å². The lowest BCUT2D eigenvalue weighted by atomic mass is 10.1. The molecule has 25 heavy (non-hydrogen) atoms. The second-order valence-corrected chi connectivity index (χ2v) is 6.38. The van der Waals surface area contributed by atoms with Gasteiger partial charge in [0.1, 0.15) is 5.75 Å². The van der Waals surface area contributed by atoms with Crippen molar-refractivity contribution >= 4 is 5.65 Å². The Morgan fingerprint density at radius 1 is 1.24 bits per heavy atom. The van der Waals surface area contributed by atoms with Gasteiger partial charge in [-0.2, -0.15) is 5.10 Å². The number of fused-ring (bicyclic) bond motifs is 1. The predicted molar refractivity (Wildman–Crippen MR) is 96.5 cm³/mol. The highest BCUT2D eigenvalue weighted by molar-refractivity contribution is 5.47. The molecule has 1 atom stereocenters. The fourth-order valence-corrected chi connectivity index (χ4v) is 3.06. The van der Waals surface area contributed by atoms with Crippen LogP contribution in [0.2, 0.25) is 0 Å². The zero-order valence-corrected chi connectivity index (χ0v) is 14.8. The summed E-state index contributed by atoms with van der Waals surface area (Å²) in [5.74, 6) is 0.164. The average molecular weight is 340 g/mol. The Morgan fingerprint density at radius 2 is 2.04 bits per heavy atom. The molecule has 2 aromatic heterocycles. The first kappa shape index (κ1) is 17.4. The van der Waals surface area contributed by atoms with Crippen molar-refractivity contribution in [1.29, 1.82) is 0 Å². The van der Waals surface area contributed by atoms with E-state index in [2.05, 4.69) is 21.9 Å². The average Bonchev–Trinajstić information content (AvgIpc) is 2.97. The number of aromatic nitrogens is 3. The van der Waals surface area contributed by atoms with Gasteiger partial charge in [0.25, 0.3) is 0 Å². The van der Waals surface area contributed by atoms with Gasteiger partial charge in [-0.25, -0.2) is 9.50 Å². The Morgan fingerprint density at radius 3 is 2.76 bits per heavy atom. The second-order valence-electron chi connectivity index (χ2n) is 6.38. The number of aromatic hydroxyl groups is 1. The first-order valence-corrected chi connectivity index (χ1v) is 8.48. The lowest BCUT2D eigenvalue weighted by Crippen LogP contribution is -2.28. The number of hydrogen-bond donors (Lipinski definition) is 2. The predicted octanol–water partition coefficient (Wildman–Crippen LogP) is 2.61. The van der Waals surface area contributed by atoms with E-state index in [0.29, 0.717) is 18.7 Å². The Hall–Kier alpha value is -2.44. The molecule has 0 aliphatic rings. The van der Waals surface area contributed by atoms with Crippen molar-refractivity contribution in [2.24, 2.45) is 0 Å². The number of aryl methyl sites for hydroxylation is 2. The molecular formula is C19H24N4O2. The van der Waals surface area contributed by atoms with Gasteiger partial charge in [0.15, 0.2) is 5.65 Å². The summed E-state index contributed by atoms with van der Waals surface area (Å²) in [5, 5.41) is 24.5. The van der Waals surface area contributed by atoms with E-state index in [1.165, 1.54) is 0 Å². The van der Waals surface area contributed by atoms with Crippen LogP contribution in [-0.2, 0) is 6.54 Å². The van der Waals surface area contributed by atoms with Crippen molar-refractivity contribution in [3.63, 3.8) is 0 Å². The maximum absolute atomic E-state index is 10.5. The topological polar surface area (TPSA) is 73.9 Å². The van der Waals surface area contributed by atoms with E-state index in [1.807, 2.05) is 36.7 Å². The summed E-state index contributed by atoms with van der Waals surface area (Å²) < 4.78 is 1.85. The SMILES string of the molecule is CCN(Cc1cnn2c(C)cc(C)nc12)C[C@@H](O)c1cccc(O)c1. The van der Waals surface area contributed by atoms with Crippen molar-refractivity contribution in [3.8, 4) is 5.75 Å². The molecule has 0 saturated heterocycles. The first-order chi connectivity index (χ1) is 12.0. The molecule has 0 bridgehead atoms. The van der Waals surface area contributed by atoms with E-state index in [1.54, 1.807) is 18.2 Å². The minimum atomic E-state index is -0.662. The summed E-state index contributed by atoms with van der Waals surface area (Å²) in [4.78, 5) is 6.75. The minimum Gasteiger partial charge on any atom is -0.508 e. The quantitative estimate of drug-likeness (QED) is 0.721. The van der Waals surface area contributed by atoms with Crippen molar-refractivity contribution in [2.45, 2.75) is 33.4 Å². The summed E-state index contributed by atoms with van der Waals surface area (Å²) >= 11 is 0. The van der Waals surface area contributed by atoms with Gasteiger partial charge in [-0.3, -0.25) is 4.90 Å². The van der Waals surface area contributed by atoms with E-state index in [4.69, 9.17) is 0 Å². The lowest BCUT2D eigenvalue weighted by molar-refractivity contribution is 0.112. The second kappa shape index (κ2) is 7.21. The van der Waals surface area contributed by atoms with Gasteiger partial charge in [-0.15, -0.1) is 0 Å². The standard InChI is InChI=1S/C19H24N4O2/c1-4-22(12-18(25)15-6-5-7-17(24)9-15)11-16-10-20-23-14(3)8-13(2)21-19(16)23/h5-10,18,24-25H,4,11-12H2,1-3H3/t18-/m1/s1. The Kier molecular flexibility index (Phi) is 5.01. The van der Waals surface area contributed by atoms with E-state index < -0.39 is 6.10 Å². The molecule has 0 spiro atoms. The maximum atomic E-state index is 10.5. The van der Waals surface area contributed by atoms with Crippen LogP contribution in [-0.4, -0.2) is 42.8 Å². The van der Waals surface area contributed by atoms with Crippen molar-refractivity contribution in [3.05, 3.63) is 59.0 Å². The fraction of sp³-hybridized carbons (Fsp3) is 0.368. The van der Waals surface area contributed by atoms with Crippen LogP contribution < -0.4 is 0 Å². The Labute approximate surface area is 147 Å². The molecule has 0 fully saturated rings. The normalized spacial score (nSPS) is 12.8. The lowest BCUT2D eigenvalue weighted by Gasteiger charge is -2.23. The van der Waals surface area contributed by atoms with Crippen LogP contribution in [0.3, 0.4) is 0 Å². The minimum absolute atomic E-state index is 0.164. The molecule has 0 aliphatic heterocycles. The number of phenols is 1. The summed E-state index contributed by atoms with van der Waals surface area (Å²) in [6.07, 6.45) is 1.18. The molecule has 1 aromatic carbocycles. The van der Waals surface area contributed by atoms with Crippen molar-refractivity contribution in [2.75, 3.05) is 13.1 Å². The van der Waals surface area contributed by atoms with Gasteiger partial charge < -0.3 is 10.2 Å². The molecule has 132 valence electrons. The number of nitrogens with zero attached hydrogens (tertiary/aromatic N) is 4. The third kappa shape index (κ3) is 3.81. The number of aliphatic hydroxyl groups excluding tert-OH is 1. The van der Waals surface area contributed by atoms with E-state index in [0.717, 1.165) is 29.1 Å². The largest absolute Gasteiger partial charge is 0.508 e. The van der Waals surface area contributed by atoms with Crippen LogP contribution in [0.5, 0.6) is 5.75 Å². The number of aliphatic hydroxyl groups is 1. The molecule has 0 unspecified atom stereocenters. The van der Waals surface area contributed by atoms with E-state index in [9.17, 15) is 10.2 Å². The molecule has 0 saturated carbocycles. The van der Waals surface area contributed by atoms with Crippen LogP contribution in [0.25, 0.3) is 5.65 Å². The number of likely N-dealkylation sites (N-methyl/N-ethyl adjacent to an activating group) is 1. The molecule has 0 radical (unpaired) electrons. The summed E-state index contributed by atoms with van der Waals surface area (Å²) in [7, 11) is 0. The van der Waals surface area contributed by atoms with Gasteiger partial charge in [-0.1, -0.05) is 19.1 Å². The van der Waals surface area contributed by atoms with Gasteiger partial charge >= 0.3 is 0 Å². The van der Waals surface area contributed by atoms with Crippen molar-refractivity contribution < 1.29 is 10.2 Å². The highest BCUT2D eigenvalue weighted by Gasteiger charge is 2.16. The molecule has 0 aliphatic carbocycles. The first-order valence-electron chi connectivity index (χ1n) is 8.48. The molecule has 3 rings (SSSR count). The van der Waals surface area contributed by atoms with Gasteiger partial charge in [0, 0.05) is 30.0 Å². The number of phenolic OH excluding ortho intramolecular Hbond substituents is 1. The fourth-order valence-electron chi connectivity index (χ4n) is 3.06. The summed E-state index contributed by atoms with van der Waals surface area (Å²) in [5.41, 5.74) is 4.63. The number of rotatable bonds is 6. The summed E-state index contributed by atoms with van der Waals surface area (Å²) in [6.45, 7) is 7.98. The third-order valence-corrected chi connectivity index (χ3v) is 4.38. The Balaban J connectivity index is 1.78. The number of hydrogen-bond acceptors (Lipinski definition) is 5. The highest BCUT2D eigenvalue weighted by Crippen LogP contribution is 2.21. The molecule has 3 aromatic rings. The summed E-state index contributed by atoms with van der Waals surface area (Å²) in [6, 6.07) is 8.77. The van der Waals surface area contributed by atoms with Crippen LogP contribution >= 0.6 is 0 Å². The van der Waals surface area contributed by atoms with E-state index >= 15 is 0 Å². The number of benzene rings is 1. The molecule has 2 heterocycles. The van der Waals surface area contributed by atoms with Crippen molar-refractivity contribution in [1.82, 2.24) is 19.5 Å². The molecule has 6 heteroatoms. The van der Waals surface area contributed by atoms with Gasteiger partial charge in [0.2, 0.25) is 0 Å². The smallest absolute Gasteiger partial charge is 0.159 e. The maximum Gasteiger partial charge on any atom is 0.159 e. The van der Waals surface area contributed by atoms with Crippen LogP contribution in [0.1, 0.15) is 35.5 Å². The zero-order valence-electron chi connectivity index (χ0n) is 14.8. The zero-order chi connectivity index (χ0) is 18.0. The highest BCUT2D eigenvalue weighted by atomic mass is 16.3. The monoisotopic (exact) mass is 340 g/mol. The third-order valence-electron chi connectivity index (χ3n) is 4.38. The van der Waals surface area contributed by atoms with Gasteiger partial charge in [-0.05, 0) is 44.2 Å². The Bertz CT molecular complexity index is 875. The van der Waals surface area contributed by atoms with Crippen LogP contribution in [0.4, 0.5) is 0 Å². The van der Waals surface area contributed by atoms with Crippen LogP contribution in [0, 0.1) is 13.8 Å². The van der Waals surface area contributed by atoms with Crippen LogP contribution in [0.15, 0.2) is 36.5 Å². The molecule has 2 N–H and O–H groups in total. The van der Waals surface area contributed by atoms with E-state index in [-0.39, 0.29) is 5.75 Å². The molecule has 6 nitrogen and oxygen atoms in total. The molecular weight excluding hydrogens is 316 g/mol. The molecule has 0 amide bonds.